The molecule has 1 fully saturated rings. The summed E-state index contributed by atoms with van der Waals surface area (Å²) in [4.78, 5) is 2.18. The highest BCUT2D eigenvalue weighted by Crippen LogP contribution is 1.93. The van der Waals surface area contributed by atoms with Crippen LogP contribution in [0.1, 0.15) is 13.8 Å². The average Bonchev–Trinajstić information content (AvgIpc) is 2.19. The van der Waals surface area contributed by atoms with Crippen LogP contribution in [0.4, 0.5) is 0 Å². The van der Waals surface area contributed by atoms with Crippen LogP contribution in [0.2, 0.25) is 0 Å². The van der Waals surface area contributed by atoms with Crippen LogP contribution in [-0.4, -0.2) is 58.1 Å². The van der Waals surface area contributed by atoms with Crippen molar-refractivity contribution >= 4 is 9.84 Å². The van der Waals surface area contributed by atoms with E-state index in [-0.39, 0.29) is 5.75 Å². The first-order chi connectivity index (χ1) is 6.58. The molecule has 1 heterocycles. The first kappa shape index (κ1) is 13.9. The molecule has 0 saturated carbocycles. The van der Waals surface area contributed by atoms with Gasteiger partial charge in [0, 0.05) is 39.0 Å². The van der Waals surface area contributed by atoms with Gasteiger partial charge < -0.3 is 5.32 Å². The molecule has 1 rings (SSSR count). The van der Waals surface area contributed by atoms with E-state index in [1.165, 1.54) is 6.26 Å². The molecule has 0 radical (unpaired) electrons. The van der Waals surface area contributed by atoms with Crippen molar-refractivity contribution in [2.75, 3.05) is 44.7 Å². The molecule has 0 aromatic carbocycles. The molecule has 0 aromatic heterocycles. The third-order valence-corrected chi connectivity index (χ3v) is 2.91. The topological polar surface area (TPSA) is 49.4 Å². The van der Waals surface area contributed by atoms with Gasteiger partial charge in [0.1, 0.15) is 9.84 Å². The molecular weight excluding hydrogens is 200 g/mol. The van der Waals surface area contributed by atoms with Gasteiger partial charge in [-0.15, -0.1) is 0 Å². The molecule has 86 valence electrons. The Morgan fingerprint density at radius 1 is 1.21 bits per heavy atom. The van der Waals surface area contributed by atoms with Gasteiger partial charge in [0.2, 0.25) is 0 Å². The van der Waals surface area contributed by atoms with Crippen molar-refractivity contribution < 1.29 is 8.42 Å². The summed E-state index contributed by atoms with van der Waals surface area (Å²) < 4.78 is 21.7. The number of nitrogens with one attached hydrogen (secondary N) is 1. The van der Waals surface area contributed by atoms with E-state index in [0.29, 0.717) is 6.54 Å². The number of nitrogens with zero attached hydrogens (tertiary/aromatic N) is 1. The zero-order chi connectivity index (χ0) is 11.0. The molecule has 0 atom stereocenters. The Balaban J connectivity index is 0.000000791. The molecule has 0 spiro atoms. The van der Waals surface area contributed by atoms with Crippen molar-refractivity contribution in [1.29, 1.82) is 0 Å². The molecular formula is C9H22N2O2S. The Morgan fingerprint density at radius 2 is 1.71 bits per heavy atom. The minimum absolute atomic E-state index is 0.285. The lowest BCUT2D eigenvalue weighted by Crippen LogP contribution is -2.45. The second kappa shape index (κ2) is 7.20. The molecule has 5 heteroatoms. The lowest BCUT2D eigenvalue weighted by atomic mass is 10.4. The number of sulfone groups is 1. The summed E-state index contributed by atoms with van der Waals surface area (Å²) in [6.07, 6.45) is 1.29. The highest BCUT2D eigenvalue weighted by Gasteiger charge is 2.11. The van der Waals surface area contributed by atoms with E-state index < -0.39 is 9.84 Å². The van der Waals surface area contributed by atoms with Gasteiger partial charge in [0.25, 0.3) is 0 Å². The van der Waals surface area contributed by atoms with Crippen LogP contribution in [0.25, 0.3) is 0 Å². The maximum Gasteiger partial charge on any atom is 0.148 e. The van der Waals surface area contributed by atoms with E-state index in [0.717, 1.165) is 26.2 Å². The Morgan fingerprint density at radius 3 is 2.14 bits per heavy atom. The van der Waals surface area contributed by atoms with Crippen LogP contribution >= 0.6 is 0 Å². The second-order valence-electron chi connectivity index (χ2n) is 3.22. The smallest absolute Gasteiger partial charge is 0.148 e. The van der Waals surface area contributed by atoms with Gasteiger partial charge in [-0.2, -0.15) is 0 Å². The first-order valence-corrected chi connectivity index (χ1v) is 7.25. The zero-order valence-electron chi connectivity index (χ0n) is 9.41. The van der Waals surface area contributed by atoms with E-state index in [2.05, 4.69) is 10.2 Å². The Hall–Kier alpha value is -0.130. The fraction of sp³-hybridized carbons (Fsp3) is 1.00. The number of rotatable bonds is 3. The number of hydrogen-bond donors (Lipinski definition) is 1. The quantitative estimate of drug-likeness (QED) is 0.728. The Kier molecular flexibility index (Phi) is 7.13. The van der Waals surface area contributed by atoms with E-state index >= 15 is 0 Å². The van der Waals surface area contributed by atoms with Crippen molar-refractivity contribution in [1.82, 2.24) is 10.2 Å². The fourth-order valence-corrected chi connectivity index (χ4v) is 1.82. The number of piperazine rings is 1. The molecule has 14 heavy (non-hydrogen) atoms. The maximum atomic E-state index is 10.8. The molecule has 0 unspecified atom stereocenters. The van der Waals surface area contributed by atoms with E-state index in [4.69, 9.17) is 0 Å². The SMILES string of the molecule is CC.CS(=O)(=O)CCN1CCNCC1. The highest BCUT2D eigenvalue weighted by atomic mass is 32.2. The lowest BCUT2D eigenvalue weighted by molar-refractivity contribution is 0.254. The highest BCUT2D eigenvalue weighted by molar-refractivity contribution is 7.90. The normalized spacial score (nSPS) is 18.5. The summed E-state index contributed by atoms with van der Waals surface area (Å²) in [6.45, 7) is 8.57. The number of hydrogen-bond acceptors (Lipinski definition) is 4. The van der Waals surface area contributed by atoms with Crippen LogP contribution in [0.5, 0.6) is 0 Å². The van der Waals surface area contributed by atoms with Crippen LogP contribution in [0.3, 0.4) is 0 Å². The van der Waals surface area contributed by atoms with Gasteiger partial charge in [-0.25, -0.2) is 8.42 Å². The molecule has 0 aliphatic carbocycles. The third-order valence-electron chi connectivity index (χ3n) is 1.99. The summed E-state index contributed by atoms with van der Waals surface area (Å²) in [5.74, 6) is 0.285. The fourth-order valence-electron chi connectivity index (χ4n) is 1.23. The van der Waals surface area contributed by atoms with Gasteiger partial charge in [0.15, 0.2) is 0 Å². The van der Waals surface area contributed by atoms with Crippen molar-refractivity contribution in [2.24, 2.45) is 0 Å². The predicted molar refractivity (Wildman–Crippen MR) is 60.4 cm³/mol. The van der Waals surface area contributed by atoms with Crippen molar-refractivity contribution in [3.8, 4) is 0 Å². The third kappa shape index (κ3) is 7.29. The van der Waals surface area contributed by atoms with E-state index in [1.807, 2.05) is 13.8 Å². The second-order valence-corrected chi connectivity index (χ2v) is 5.48. The largest absolute Gasteiger partial charge is 0.314 e. The summed E-state index contributed by atoms with van der Waals surface area (Å²) in [7, 11) is -2.79. The Bertz CT molecular complexity index is 221. The van der Waals surface area contributed by atoms with Gasteiger partial charge in [-0.1, -0.05) is 13.8 Å². The van der Waals surface area contributed by atoms with Crippen molar-refractivity contribution in [3.63, 3.8) is 0 Å². The van der Waals surface area contributed by atoms with Crippen molar-refractivity contribution in [3.05, 3.63) is 0 Å². The molecule has 0 aromatic rings. The summed E-state index contributed by atoms with van der Waals surface area (Å²) >= 11 is 0. The van der Waals surface area contributed by atoms with E-state index in [1.54, 1.807) is 0 Å². The minimum Gasteiger partial charge on any atom is -0.314 e. The predicted octanol–water partition coefficient (Wildman–Crippen LogP) is -0.0376. The zero-order valence-corrected chi connectivity index (χ0v) is 10.2. The summed E-state index contributed by atoms with van der Waals surface area (Å²) in [6, 6.07) is 0. The summed E-state index contributed by atoms with van der Waals surface area (Å²) in [5, 5.41) is 3.22. The molecule has 1 aliphatic heterocycles. The van der Waals surface area contributed by atoms with Crippen molar-refractivity contribution in [2.45, 2.75) is 13.8 Å². The van der Waals surface area contributed by atoms with Gasteiger partial charge in [-0.3, -0.25) is 4.90 Å². The molecule has 1 N–H and O–H groups in total. The molecule has 0 bridgehead atoms. The molecule has 1 saturated heterocycles. The monoisotopic (exact) mass is 222 g/mol. The van der Waals surface area contributed by atoms with Crippen LogP contribution in [0, 0.1) is 0 Å². The first-order valence-electron chi connectivity index (χ1n) is 5.19. The van der Waals surface area contributed by atoms with E-state index in [9.17, 15) is 8.42 Å². The van der Waals surface area contributed by atoms with Crippen LogP contribution < -0.4 is 5.32 Å². The standard InChI is InChI=1S/C7H16N2O2S.C2H6/c1-12(10,11)7-6-9-4-2-8-3-5-9;1-2/h8H,2-7H2,1H3;1-2H3. The van der Waals surface area contributed by atoms with Gasteiger partial charge >= 0.3 is 0 Å². The Labute approximate surface area is 87.6 Å². The average molecular weight is 222 g/mol. The van der Waals surface area contributed by atoms with Crippen LogP contribution in [0.15, 0.2) is 0 Å². The van der Waals surface area contributed by atoms with Gasteiger partial charge in [0.05, 0.1) is 5.75 Å². The minimum atomic E-state index is -2.79. The molecule has 4 nitrogen and oxygen atoms in total. The lowest BCUT2D eigenvalue weighted by Gasteiger charge is -2.26. The summed E-state index contributed by atoms with van der Waals surface area (Å²) in [5.41, 5.74) is 0. The molecule has 0 amide bonds. The van der Waals surface area contributed by atoms with Crippen LogP contribution in [-0.2, 0) is 9.84 Å². The molecule has 1 aliphatic rings. The van der Waals surface area contributed by atoms with Gasteiger partial charge in [-0.05, 0) is 0 Å². The maximum absolute atomic E-state index is 10.8.